The minimum absolute atomic E-state index is 0.460. The number of nitrogens with zero attached hydrogens (tertiary/aromatic N) is 2. The molecule has 0 saturated heterocycles. The van der Waals surface area contributed by atoms with Crippen molar-refractivity contribution in [2.45, 2.75) is 13.8 Å². The van der Waals surface area contributed by atoms with E-state index < -0.39 is 0 Å². The number of hydrogen-bond acceptors (Lipinski definition) is 4. The highest BCUT2D eigenvalue weighted by Crippen LogP contribution is 2.29. The Labute approximate surface area is 111 Å². The second-order valence-corrected chi connectivity index (χ2v) is 4.22. The predicted octanol–water partition coefficient (Wildman–Crippen LogP) is 3.17. The molecule has 0 bridgehead atoms. The average Bonchev–Trinajstić information content (AvgIpc) is 2.42. The van der Waals surface area contributed by atoms with Crippen LogP contribution in [0.15, 0.2) is 30.6 Å². The Morgan fingerprint density at radius 3 is 2.47 bits per heavy atom. The van der Waals surface area contributed by atoms with Crippen LogP contribution in [0.3, 0.4) is 0 Å². The largest absolute Gasteiger partial charge is 0.455 e. The maximum Gasteiger partial charge on any atom is 0.151 e. The molecule has 1 heterocycles. The highest BCUT2D eigenvalue weighted by Gasteiger charge is 2.08. The zero-order valence-corrected chi connectivity index (χ0v) is 10.7. The fourth-order valence-electron chi connectivity index (χ4n) is 1.85. The maximum absolute atomic E-state index is 10.7. The number of hydrogen-bond donors (Lipinski definition) is 0. The second-order valence-electron chi connectivity index (χ2n) is 4.22. The van der Waals surface area contributed by atoms with Crippen LogP contribution in [0.5, 0.6) is 11.5 Å². The molecule has 0 fully saturated rings. The van der Waals surface area contributed by atoms with Crippen LogP contribution in [-0.4, -0.2) is 11.3 Å². The molecule has 2 aromatic rings. The van der Waals surface area contributed by atoms with Crippen molar-refractivity contribution in [3.05, 3.63) is 52.8 Å². The molecule has 0 atom stereocenters. The maximum atomic E-state index is 10.7. The van der Waals surface area contributed by atoms with Gasteiger partial charge in [-0.1, -0.05) is 0 Å². The van der Waals surface area contributed by atoms with Crippen molar-refractivity contribution in [2.75, 3.05) is 0 Å². The molecule has 0 radical (unpaired) electrons. The standard InChI is InChI=1S/C15H12N2O2/c1-10-3-12(6-16)4-11(2)15(10)19-14-5-13(9-18)7-17-8-14/h3-5,7-9H,1-2H3. The van der Waals surface area contributed by atoms with Crippen LogP contribution in [-0.2, 0) is 0 Å². The number of ether oxygens (including phenoxy) is 1. The van der Waals surface area contributed by atoms with E-state index in [-0.39, 0.29) is 0 Å². The summed E-state index contributed by atoms with van der Waals surface area (Å²) < 4.78 is 5.75. The number of nitriles is 1. The molecule has 0 N–H and O–H groups in total. The van der Waals surface area contributed by atoms with E-state index in [2.05, 4.69) is 11.1 Å². The summed E-state index contributed by atoms with van der Waals surface area (Å²) >= 11 is 0. The first-order valence-corrected chi connectivity index (χ1v) is 5.73. The van der Waals surface area contributed by atoms with Gasteiger partial charge in [-0.2, -0.15) is 5.26 Å². The van der Waals surface area contributed by atoms with Crippen LogP contribution in [0.25, 0.3) is 0 Å². The van der Waals surface area contributed by atoms with E-state index in [0.29, 0.717) is 22.6 Å². The Balaban J connectivity index is 2.38. The summed E-state index contributed by atoms with van der Waals surface area (Å²) in [4.78, 5) is 14.6. The number of pyridine rings is 1. The van der Waals surface area contributed by atoms with Crippen molar-refractivity contribution in [3.63, 3.8) is 0 Å². The van der Waals surface area contributed by atoms with Crippen LogP contribution in [0.2, 0.25) is 0 Å². The van der Waals surface area contributed by atoms with Crippen molar-refractivity contribution in [2.24, 2.45) is 0 Å². The molecule has 0 aliphatic carbocycles. The van der Waals surface area contributed by atoms with Gasteiger partial charge in [-0.3, -0.25) is 9.78 Å². The van der Waals surface area contributed by atoms with E-state index in [1.165, 1.54) is 6.20 Å². The lowest BCUT2D eigenvalue weighted by molar-refractivity contribution is 0.112. The van der Waals surface area contributed by atoms with E-state index in [1.54, 1.807) is 24.4 Å². The number of rotatable bonds is 3. The van der Waals surface area contributed by atoms with E-state index in [1.807, 2.05) is 13.8 Å². The topological polar surface area (TPSA) is 63.0 Å². The number of aldehydes is 1. The summed E-state index contributed by atoms with van der Waals surface area (Å²) in [6.45, 7) is 3.75. The molecule has 0 saturated carbocycles. The predicted molar refractivity (Wildman–Crippen MR) is 70.3 cm³/mol. The van der Waals surface area contributed by atoms with Crippen molar-refractivity contribution in [3.8, 4) is 17.6 Å². The molecule has 1 aromatic carbocycles. The second kappa shape index (κ2) is 5.32. The number of benzene rings is 1. The van der Waals surface area contributed by atoms with Crippen LogP contribution < -0.4 is 4.74 Å². The van der Waals surface area contributed by atoms with Gasteiger partial charge in [-0.25, -0.2) is 0 Å². The lowest BCUT2D eigenvalue weighted by Crippen LogP contribution is -1.94. The number of aromatic nitrogens is 1. The Kier molecular flexibility index (Phi) is 3.58. The Hall–Kier alpha value is -2.67. The Morgan fingerprint density at radius 1 is 1.21 bits per heavy atom. The summed E-state index contributed by atoms with van der Waals surface area (Å²) in [7, 11) is 0. The van der Waals surface area contributed by atoms with Crippen molar-refractivity contribution in [1.82, 2.24) is 4.98 Å². The lowest BCUT2D eigenvalue weighted by atomic mass is 10.1. The van der Waals surface area contributed by atoms with Crippen LogP contribution in [0, 0.1) is 25.2 Å². The molecular formula is C15H12N2O2. The molecule has 1 aromatic heterocycles. The van der Waals surface area contributed by atoms with Crippen molar-refractivity contribution >= 4 is 6.29 Å². The van der Waals surface area contributed by atoms with Gasteiger partial charge >= 0.3 is 0 Å². The fraction of sp³-hybridized carbons (Fsp3) is 0.133. The first kappa shape index (κ1) is 12.8. The van der Waals surface area contributed by atoms with Gasteiger partial charge in [0, 0.05) is 11.8 Å². The third kappa shape index (κ3) is 2.78. The molecule has 0 aliphatic heterocycles. The van der Waals surface area contributed by atoms with E-state index in [0.717, 1.165) is 17.4 Å². The molecule has 19 heavy (non-hydrogen) atoms. The van der Waals surface area contributed by atoms with Gasteiger partial charge in [-0.05, 0) is 43.2 Å². The Bertz CT molecular complexity index is 649. The van der Waals surface area contributed by atoms with Crippen molar-refractivity contribution in [1.29, 1.82) is 5.26 Å². The summed E-state index contributed by atoms with van der Waals surface area (Å²) in [5.41, 5.74) is 2.80. The van der Waals surface area contributed by atoms with Gasteiger partial charge < -0.3 is 4.74 Å². The third-order valence-electron chi connectivity index (χ3n) is 2.68. The quantitative estimate of drug-likeness (QED) is 0.787. The monoisotopic (exact) mass is 252 g/mol. The summed E-state index contributed by atoms with van der Waals surface area (Å²) in [6, 6.07) is 7.25. The van der Waals surface area contributed by atoms with Gasteiger partial charge in [0.05, 0.1) is 17.8 Å². The van der Waals surface area contributed by atoms with Crippen LogP contribution in [0.4, 0.5) is 0 Å². The number of carbonyl (C=O) groups is 1. The molecule has 0 spiro atoms. The zero-order valence-electron chi connectivity index (χ0n) is 10.7. The molecule has 0 unspecified atom stereocenters. The molecule has 4 heteroatoms. The highest BCUT2D eigenvalue weighted by molar-refractivity contribution is 5.74. The molecule has 94 valence electrons. The molecule has 2 rings (SSSR count). The van der Waals surface area contributed by atoms with Crippen molar-refractivity contribution < 1.29 is 9.53 Å². The third-order valence-corrected chi connectivity index (χ3v) is 2.68. The van der Waals surface area contributed by atoms with E-state index >= 15 is 0 Å². The molecule has 0 amide bonds. The van der Waals surface area contributed by atoms with Gasteiger partial charge in [0.1, 0.15) is 11.5 Å². The smallest absolute Gasteiger partial charge is 0.151 e. The first-order chi connectivity index (χ1) is 9.13. The Morgan fingerprint density at radius 2 is 1.89 bits per heavy atom. The van der Waals surface area contributed by atoms with Gasteiger partial charge in [0.25, 0.3) is 0 Å². The van der Waals surface area contributed by atoms with Crippen LogP contribution in [0.1, 0.15) is 27.0 Å². The number of aryl methyl sites for hydroxylation is 2. The molecular weight excluding hydrogens is 240 g/mol. The minimum Gasteiger partial charge on any atom is -0.455 e. The summed E-state index contributed by atoms with van der Waals surface area (Å²) in [5, 5.41) is 8.90. The SMILES string of the molecule is Cc1cc(C#N)cc(C)c1Oc1cncc(C=O)c1. The molecule has 0 aliphatic rings. The minimum atomic E-state index is 0.460. The summed E-state index contributed by atoms with van der Waals surface area (Å²) in [5.74, 6) is 1.18. The molecule has 4 nitrogen and oxygen atoms in total. The summed E-state index contributed by atoms with van der Waals surface area (Å²) in [6.07, 6.45) is 3.74. The van der Waals surface area contributed by atoms with E-state index in [4.69, 9.17) is 10.00 Å². The average molecular weight is 252 g/mol. The normalized spacial score (nSPS) is 9.74. The van der Waals surface area contributed by atoms with Gasteiger partial charge in [-0.15, -0.1) is 0 Å². The lowest BCUT2D eigenvalue weighted by Gasteiger charge is -2.12. The van der Waals surface area contributed by atoms with Gasteiger partial charge in [0.2, 0.25) is 0 Å². The van der Waals surface area contributed by atoms with Gasteiger partial charge in [0.15, 0.2) is 6.29 Å². The first-order valence-electron chi connectivity index (χ1n) is 5.73. The van der Waals surface area contributed by atoms with Crippen LogP contribution >= 0.6 is 0 Å². The zero-order chi connectivity index (χ0) is 13.8. The number of carbonyl (C=O) groups excluding carboxylic acids is 1. The van der Waals surface area contributed by atoms with E-state index in [9.17, 15) is 4.79 Å². The fourth-order valence-corrected chi connectivity index (χ4v) is 1.85. The highest BCUT2D eigenvalue weighted by atomic mass is 16.5.